The van der Waals surface area contributed by atoms with Crippen molar-refractivity contribution in [3.05, 3.63) is 35.9 Å². The van der Waals surface area contributed by atoms with Gasteiger partial charge < -0.3 is 5.73 Å². The standard InChI is InChI=1S/C10H12N2/c1-8(7-11)10(12)9-5-3-2-4-6-9/h2-6,8,10H,12H2,1H3. The summed E-state index contributed by atoms with van der Waals surface area (Å²) in [4.78, 5) is 0. The third-order valence-electron chi connectivity index (χ3n) is 1.93. The lowest BCUT2D eigenvalue weighted by atomic mass is 9.97. The van der Waals surface area contributed by atoms with Crippen molar-refractivity contribution in [2.24, 2.45) is 11.7 Å². The van der Waals surface area contributed by atoms with Crippen molar-refractivity contribution < 1.29 is 0 Å². The summed E-state index contributed by atoms with van der Waals surface area (Å²) in [5.74, 6) is -0.132. The van der Waals surface area contributed by atoms with E-state index in [0.717, 1.165) is 5.56 Å². The van der Waals surface area contributed by atoms with Gasteiger partial charge in [0.05, 0.1) is 12.0 Å². The Bertz CT molecular complexity index is 274. The van der Waals surface area contributed by atoms with Crippen molar-refractivity contribution in [3.63, 3.8) is 0 Å². The van der Waals surface area contributed by atoms with Crippen molar-refractivity contribution >= 4 is 0 Å². The number of benzene rings is 1. The topological polar surface area (TPSA) is 49.8 Å². The zero-order chi connectivity index (χ0) is 8.97. The normalized spacial score (nSPS) is 14.8. The molecule has 0 saturated heterocycles. The quantitative estimate of drug-likeness (QED) is 0.717. The molecule has 0 spiro atoms. The summed E-state index contributed by atoms with van der Waals surface area (Å²) in [6.45, 7) is 1.83. The van der Waals surface area contributed by atoms with Crippen LogP contribution in [-0.4, -0.2) is 0 Å². The van der Waals surface area contributed by atoms with Crippen LogP contribution in [0.1, 0.15) is 18.5 Å². The summed E-state index contributed by atoms with van der Waals surface area (Å²) in [6.07, 6.45) is 0. The van der Waals surface area contributed by atoms with Crippen LogP contribution in [0, 0.1) is 17.2 Å². The van der Waals surface area contributed by atoms with E-state index in [2.05, 4.69) is 6.07 Å². The monoisotopic (exact) mass is 160 g/mol. The Morgan fingerprint density at radius 3 is 2.42 bits per heavy atom. The second-order valence-electron chi connectivity index (χ2n) is 2.85. The summed E-state index contributed by atoms with van der Waals surface area (Å²) in [5, 5.41) is 8.64. The molecule has 0 aromatic heterocycles. The Morgan fingerprint density at radius 1 is 1.33 bits per heavy atom. The van der Waals surface area contributed by atoms with Crippen LogP contribution in [0.2, 0.25) is 0 Å². The van der Waals surface area contributed by atoms with Gasteiger partial charge in [0.1, 0.15) is 0 Å². The Kier molecular flexibility index (Phi) is 2.84. The van der Waals surface area contributed by atoms with Gasteiger partial charge >= 0.3 is 0 Å². The largest absolute Gasteiger partial charge is 0.323 e. The molecule has 0 fully saturated rings. The Morgan fingerprint density at radius 2 is 1.92 bits per heavy atom. The predicted octanol–water partition coefficient (Wildman–Crippen LogP) is 1.85. The van der Waals surface area contributed by atoms with Gasteiger partial charge in [-0.3, -0.25) is 0 Å². The molecule has 2 atom stereocenters. The molecule has 1 aromatic carbocycles. The number of nitriles is 1. The summed E-state index contributed by atoms with van der Waals surface area (Å²) < 4.78 is 0. The molecule has 0 aliphatic carbocycles. The summed E-state index contributed by atoms with van der Waals surface area (Å²) in [7, 11) is 0. The molecule has 12 heavy (non-hydrogen) atoms. The van der Waals surface area contributed by atoms with E-state index in [4.69, 9.17) is 11.0 Å². The minimum atomic E-state index is -0.170. The van der Waals surface area contributed by atoms with E-state index in [1.54, 1.807) is 0 Å². The van der Waals surface area contributed by atoms with Crippen LogP contribution in [0.25, 0.3) is 0 Å². The highest BCUT2D eigenvalue weighted by Gasteiger charge is 2.12. The number of hydrogen-bond acceptors (Lipinski definition) is 2. The Balaban J connectivity index is 2.80. The molecule has 0 bridgehead atoms. The molecule has 0 radical (unpaired) electrons. The summed E-state index contributed by atoms with van der Waals surface area (Å²) in [5.41, 5.74) is 6.85. The number of nitrogens with two attached hydrogens (primary N) is 1. The number of rotatable bonds is 2. The zero-order valence-corrected chi connectivity index (χ0v) is 7.07. The van der Waals surface area contributed by atoms with Crippen LogP contribution < -0.4 is 5.73 Å². The number of nitrogens with zero attached hydrogens (tertiary/aromatic N) is 1. The van der Waals surface area contributed by atoms with Gasteiger partial charge in [0.25, 0.3) is 0 Å². The first-order chi connectivity index (χ1) is 5.75. The summed E-state index contributed by atoms with van der Waals surface area (Å²) in [6, 6.07) is 11.7. The lowest BCUT2D eigenvalue weighted by molar-refractivity contribution is 0.578. The van der Waals surface area contributed by atoms with Crippen LogP contribution in [0.15, 0.2) is 30.3 Å². The molecular weight excluding hydrogens is 148 g/mol. The molecule has 2 N–H and O–H groups in total. The van der Waals surface area contributed by atoms with Gasteiger partial charge in [0.15, 0.2) is 0 Å². The van der Waals surface area contributed by atoms with Gasteiger partial charge in [0.2, 0.25) is 0 Å². The van der Waals surface area contributed by atoms with Crippen molar-refractivity contribution in [2.75, 3.05) is 0 Å². The SMILES string of the molecule is CC(C#N)C(N)c1ccccc1. The first kappa shape index (κ1) is 8.76. The molecule has 2 unspecified atom stereocenters. The first-order valence-corrected chi connectivity index (χ1v) is 3.96. The highest BCUT2D eigenvalue weighted by atomic mass is 14.6. The second kappa shape index (κ2) is 3.89. The minimum absolute atomic E-state index is 0.132. The van der Waals surface area contributed by atoms with Gasteiger partial charge in [-0.15, -0.1) is 0 Å². The molecule has 2 heteroatoms. The molecule has 0 aliphatic heterocycles. The van der Waals surface area contributed by atoms with E-state index in [0.29, 0.717) is 0 Å². The van der Waals surface area contributed by atoms with Gasteiger partial charge in [-0.1, -0.05) is 30.3 Å². The van der Waals surface area contributed by atoms with E-state index in [-0.39, 0.29) is 12.0 Å². The Hall–Kier alpha value is -1.33. The zero-order valence-electron chi connectivity index (χ0n) is 7.07. The molecule has 62 valence electrons. The predicted molar refractivity (Wildman–Crippen MR) is 48.1 cm³/mol. The van der Waals surface area contributed by atoms with Gasteiger partial charge in [-0.25, -0.2) is 0 Å². The van der Waals surface area contributed by atoms with E-state index in [9.17, 15) is 0 Å². The van der Waals surface area contributed by atoms with Crippen molar-refractivity contribution in [1.82, 2.24) is 0 Å². The van der Waals surface area contributed by atoms with Gasteiger partial charge in [0, 0.05) is 6.04 Å². The maximum absolute atomic E-state index is 8.64. The van der Waals surface area contributed by atoms with Crippen molar-refractivity contribution in [2.45, 2.75) is 13.0 Å². The molecule has 0 amide bonds. The fourth-order valence-corrected chi connectivity index (χ4v) is 1.04. The maximum atomic E-state index is 8.64. The highest BCUT2D eigenvalue weighted by Crippen LogP contribution is 2.17. The van der Waals surface area contributed by atoms with E-state index < -0.39 is 0 Å². The molecule has 1 aromatic rings. The third-order valence-corrected chi connectivity index (χ3v) is 1.93. The van der Waals surface area contributed by atoms with Crippen LogP contribution in [0.5, 0.6) is 0 Å². The van der Waals surface area contributed by atoms with E-state index in [1.165, 1.54) is 0 Å². The molecule has 0 saturated carbocycles. The molecule has 2 nitrogen and oxygen atoms in total. The average molecular weight is 160 g/mol. The summed E-state index contributed by atoms with van der Waals surface area (Å²) >= 11 is 0. The first-order valence-electron chi connectivity index (χ1n) is 3.96. The van der Waals surface area contributed by atoms with Crippen molar-refractivity contribution in [1.29, 1.82) is 5.26 Å². The van der Waals surface area contributed by atoms with Gasteiger partial charge in [-0.05, 0) is 12.5 Å². The smallest absolute Gasteiger partial charge is 0.0672 e. The number of hydrogen-bond donors (Lipinski definition) is 1. The van der Waals surface area contributed by atoms with Crippen LogP contribution in [-0.2, 0) is 0 Å². The lowest BCUT2D eigenvalue weighted by Crippen LogP contribution is -2.17. The van der Waals surface area contributed by atoms with Crippen molar-refractivity contribution in [3.8, 4) is 6.07 Å². The molecular formula is C10H12N2. The highest BCUT2D eigenvalue weighted by molar-refractivity contribution is 5.20. The van der Waals surface area contributed by atoms with Crippen LogP contribution in [0.3, 0.4) is 0 Å². The lowest BCUT2D eigenvalue weighted by Gasteiger charge is -2.12. The van der Waals surface area contributed by atoms with Gasteiger partial charge in [-0.2, -0.15) is 5.26 Å². The third kappa shape index (κ3) is 1.84. The maximum Gasteiger partial charge on any atom is 0.0672 e. The second-order valence-corrected chi connectivity index (χ2v) is 2.85. The van der Waals surface area contributed by atoms with E-state index in [1.807, 2.05) is 37.3 Å². The minimum Gasteiger partial charge on any atom is -0.323 e. The molecule has 1 rings (SSSR count). The van der Waals surface area contributed by atoms with Crippen LogP contribution in [0.4, 0.5) is 0 Å². The fraction of sp³-hybridized carbons (Fsp3) is 0.300. The van der Waals surface area contributed by atoms with E-state index >= 15 is 0 Å². The van der Waals surface area contributed by atoms with Crippen LogP contribution >= 0.6 is 0 Å². The molecule has 0 heterocycles. The molecule has 0 aliphatic rings. The fourth-order valence-electron chi connectivity index (χ4n) is 1.04. The Labute approximate surface area is 72.6 Å². The average Bonchev–Trinajstić information content (AvgIpc) is 2.17.